The third-order valence-corrected chi connectivity index (χ3v) is 7.94. The van der Waals surface area contributed by atoms with Crippen LogP contribution in [0, 0.1) is 29.2 Å². The lowest BCUT2D eigenvalue weighted by atomic mass is 9.77. The van der Waals surface area contributed by atoms with E-state index in [0.29, 0.717) is 42.7 Å². The minimum absolute atomic E-state index is 0.00642. The van der Waals surface area contributed by atoms with Gasteiger partial charge in [-0.1, -0.05) is 31.5 Å². The smallest absolute Gasteiger partial charge is 0.200 e. The van der Waals surface area contributed by atoms with E-state index in [0.717, 1.165) is 32.1 Å². The van der Waals surface area contributed by atoms with Gasteiger partial charge in [-0.2, -0.15) is 4.39 Å². The summed E-state index contributed by atoms with van der Waals surface area (Å²) in [6, 6.07) is 6.41. The Morgan fingerprint density at radius 2 is 1.26 bits per heavy atom. The van der Waals surface area contributed by atoms with Crippen LogP contribution in [-0.4, -0.2) is 13.2 Å². The molecule has 0 unspecified atom stereocenters. The highest BCUT2D eigenvalue weighted by atomic mass is 19.2. The van der Waals surface area contributed by atoms with Gasteiger partial charge >= 0.3 is 0 Å². The van der Waals surface area contributed by atoms with E-state index in [4.69, 9.17) is 9.47 Å². The number of benzene rings is 2. The maximum atomic E-state index is 14.8. The molecule has 0 atom stereocenters. The Labute approximate surface area is 199 Å². The summed E-state index contributed by atoms with van der Waals surface area (Å²) in [5.74, 6) is -2.77. The predicted octanol–water partition coefficient (Wildman–Crippen LogP) is 8.18. The lowest BCUT2D eigenvalue weighted by Gasteiger charge is -2.30. The van der Waals surface area contributed by atoms with Crippen molar-refractivity contribution >= 4 is 0 Å². The Hall–Kier alpha value is -2.08. The van der Waals surface area contributed by atoms with Crippen LogP contribution < -0.4 is 4.74 Å². The molecule has 2 aliphatic carbocycles. The maximum absolute atomic E-state index is 14.8. The molecular formula is C28H34F4O2. The summed E-state index contributed by atoms with van der Waals surface area (Å²) >= 11 is 0. The molecular weight excluding hydrogens is 444 g/mol. The number of methoxy groups -OCH3 is 1. The van der Waals surface area contributed by atoms with Crippen LogP contribution >= 0.6 is 0 Å². The molecule has 0 radical (unpaired) electrons. The number of hydrogen-bond acceptors (Lipinski definition) is 2. The molecule has 0 spiro atoms. The van der Waals surface area contributed by atoms with E-state index in [-0.39, 0.29) is 35.9 Å². The van der Waals surface area contributed by atoms with Crippen molar-refractivity contribution in [3.8, 4) is 5.75 Å². The lowest BCUT2D eigenvalue weighted by molar-refractivity contribution is 0.0116. The topological polar surface area (TPSA) is 18.5 Å². The van der Waals surface area contributed by atoms with Gasteiger partial charge in [0.1, 0.15) is 0 Å². The second kappa shape index (κ2) is 11.1. The van der Waals surface area contributed by atoms with E-state index in [1.165, 1.54) is 13.2 Å². The summed E-state index contributed by atoms with van der Waals surface area (Å²) in [6.07, 6.45) is 7.58. The normalized spacial score (nSPS) is 25.4. The number of ether oxygens (including phenoxy) is 2. The van der Waals surface area contributed by atoms with Crippen LogP contribution in [0.3, 0.4) is 0 Å². The van der Waals surface area contributed by atoms with Crippen molar-refractivity contribution < 1.29 is 27.0 Å². The van der Waals surface area contributed by atoms with Gasteiger partial charge in [0.2, 0.25) is 5.82 Å². The van der Waals surface area contributed by atoms with Crippen LogP contribution in [-0.2, 0) is 11.3 Å². The van der Waals surface area contributed by atoms with Gasteiger partial charge in [0, 0.05) is 5.56 Å². The Morgan fingerprint density at radius 1 is 0.706 bits per heavy atom. The van der Waals surface area contributed by atoms with E-state index >= 15 is 0 Å². The maximum Gasteiger partial charge on any atom is 0.200 e. The predicted molar refractivity (Wildman–Crippen MR) is 124 cm³/mol. The average Bonchev–Trinajstić information content (AvgIpc) is 2.87. The van der Waals surface area contributed by atoms with Crippen LogP contribution in [0.25, 0.3) is 0 Å². The molecule has 2 aliphatic rings. The second-order valence-corrected chi connectivity index (χ2v) is 9.84. The first-order chi connectivity index (χ1) is 16.4. The fourth-order valence-electron chi connectivity index (χ4n) is 5.68. The summed E-state index contributed by atoms with van der Waals surface area (Å²) in [5.41, 5.74) is 1.08. The quantitative estimate of drug-likeness (QED) is 0.374. The van der Waals surface area contributed by atoms with Crippen molar-refractivity contribution in [3.05, 3.63) is 64.2 Å². The zero-order chi connectivity index (χ0) is 24.2. The average molecular weight is 479 g/mol. The second-order valence-electron chi connectivity index (χ2n) is 9.84. The Balaban J connectivity index is 1.32. The van der Waals surface area contributed by atoms with Crippen molar-refractivity contribution in [3.63, 3.8) is 0 Å². The van der Waals surface area contributed by atoms with E-state index in [2.05, 4.69) is 6.92 Å². The Morgan fingerprint density at radius 3 is 1.85 bits per heavy atom. The third-order valence-electron chi connectivity index (χ3n) is 7.94. The number of halogens is 4. The largest absolute Gasteiger partial charge is 0.494 e. The molecule has 186 valence electrons. The molecule has 2 nitrogen and oxygen atoms in total. The number of rotatable bonds is 7. The van der Waals surface area contributed by atoms with Crippen LogP contribution in [0.5, 0.6) is 5.75 Å². The highest BCUT2D eigenvalue weighted by molar-refractivity contribution is 5.33. The van der Waals surface area contributed by atoms with Crippen molar-refractivity contribution in [2.45, 2.75) is 89.3 Å². The molecule has 0 bridgehead atoms. The van der Waals surface area contributed by atoms with Crippen molar-refractivity contribution in [2.75, 3.05) is 7.11 Å². The van der Waals surface area contributed by atoms with Crippen LogP contribution in [0.4, 0.5) is 17.6 Å². The van der Waals surface area contributed by atoms with Crippen LogP contribution in [0.1, 0.15) is 93.2 Å². The molecule has 2 aromatic rings. The van der Waals surface area contributed by atoms with Gasteiger partial charge in [-0.05, 0) is 86.3 Å². The first-order valence-corrected chi connectivity index (χ1v) is 12.5. The third kappa shape index (κ3) is 5.27. The number of hydrogen-bond donors (Lipinski definition) is 0. The molecule has 34 heavy (non-hydrogen) atoms. The minimum atomic E-state index is -0.960. The standard InChI is InChI=1S/C28H34F4O2/c1-3-17-4-6-18(7-5-17)22-13-10-20(25(29)26(22)30)16-34-21-11-8-19(9-12-21)23-14-15-24(33-2)28(32)27(23)31/h10,13-15,17-19,21H,3-9,11-12,16H2,1-2H3. The summed E-state index contributed by atoms with van der Waals surface area (Å²) in [4.78, 5) is 0. The summed E-state index contributed by atoms with van der Waals surface area (Å²) in [6.45, 7) is 2.19. The summed E-state index contributed by atoms with van der Waals surface area (Å²) in [7, 11) is 1.31. The van der Waals surface area contributed by atoms with Gasteiger partial charge < -0.3 is 9.47 Å². The molecule has 0 aromatic heterocycles. The van der Waals surface area contributed by atoms with Crippen molar-refractivity contribution in [1.82, 2.24) is 0 Å². The highest BCUT2D eigenvalue weighted by Gasteiger charge is 2.28. The van der Waals surface area contributed by atoms with Gasteiger partial charge in [-0.25, -0.2) is 13.2 Å². The van der Waals surface area contributed by atoms with Gasteiger partial charge in [0.25, 0.3) is 0 Å². The molecule has 2 aromatic carbocycles. The van der Waals surface area contributed by atoms with E-state index < -0.39 is 23.3 Å². The van der Waals surface area contributed by atoms with Crippen molar-refractivity contribution in [2.24, 2.45) is 5.92 Å². The van der Waals surface area contributed by atoms with Gasteiger partial charge in [0.05, 0.1) is 19.8 Å². The summed E-state index contributed by atoms with van der Waals surface area (Å²) < 4.78 is 68.9. The molecule has 0 saturated heterocycles. The molecule has 4 rings (SSSR count). The van der Waals surface area contributed by atoms with Gasteiger partial charge in [-0.15, -0.1) is 0 Å². The molecule has 2 fully saturated rings. The fraction of sp³-hybridized carbons (Fsp3) is 0.571. The van der Waals surface area contributed by atoms with Crippen LogP contribution in [0.15, 0.2) is 24.3 Å². The van der Waals surface area contributed by atoms with Crippen molar-refractivity contribution in [1.29, 1.82) is 0 Å². The van der Waals surface area contributed by atoms with E-state index in [1.807, 2.05) is 0 Å². The first kappa shape index (κ1) is 25.0. The molecule has 0 aliphatic heterocycles. The minimum Gasteiger partial charge on any atom is -0.494 e. The van der Waals surface area contributed by atoms with E-state index in [1.54, 1.807) is 18.2 Å². The highest BCUT2D eigenvalue weighted by Crippen LogP contribution is 2.40. The first-order valence-electron chi connectivity index (χ1n) is 12.5. The SMILES string of the molecule is CCC1CCC(c2ccc(COC3CCC(c4ccc(OC)c(F)c4F)CC3)c(F)c2F)CC1. The molecule has 6 heteroatoms. The fourth-order valence-corrected chi connectivity index (χ4v) is 5.68. The zero-order valence-electron chi connectivity index (χ0n) is 20.0. The lowest BCUT2D eigenvalue weighted by Crippen LogP contribution is -2.22. The molecule has 0 heterocycles. The summed E-state index contributed by atoms with van der Waals surface area (Å²) in [5, 5.41) is 0. The zero-order valence-corrected chi connectivity index (χ0v) is 20.0. The van der Waals surface area contributed by atoms with E-state index in [9.17, 15) is 17.6 Å². The van der Waals surface area contributed by atoms with Gasteiger partial charge in [0.15, 0.2) is 23.2 Å². The molecule has 0 N–H and O–H groups in total. The Bertz CT molecular complexity index is 977. The molecule has 2 saturated carbocycles. The molecule has 0 amide bonds. The van der Waals surface area contributed by atoms with Gasteiger partial charge in [-0.3, -0.25) is 0 Å². The monoisotopic (exact) mass is 478 g/mol. The van der Waals surface area contributed by atoms with Crippen LogP contribution in [0.2, 0.25) is 0 Å². The Kier molecular flexibility index (Phi) is 8.18.